The van der Waals surface area contributed by atoms with Crippen molar-refractivity contribution in [3.8, 4) is 0 Å². The van der Waals surface area contributed by atoms with Gasteiger partial charge in [-0.25, -0.2) is 0 Å². The molecule has 86 valence electrons. The van der Waals surface area contributed by atoms with E-state index in [0.29, 0.717) is 0 Å². The number of benzene rings is 1. The van der Waals surface area contributed by atoms with E-state index >= 15 is 0 Å². The van der Waals surface area contributed by atoms with Crippen LogP contribution >= 0.6 is 0 Å². The summed E-state index contributed by atoms with van der Waals surface area (Å²) in [5, 5.41) is 0. The molecule has 0 spiro atoms. The van der Waals surface area contributed by atoms with Crippen LogP contribution < -0.4 is 11.5 Å². The highest BCUT2D eigenvalue weighted by Gasteiger charge is 2.08. The molecule has 0 radical (unpaired) electrons. The summed E-state index contributed by atoms with van der Waals surface area (Å²) in [6.45, 7) is 1.91. The summed E-state index contributed by atoms with van der Waals surface area (Å²) in [7, 11) is 2.06. The van der Waals surface area contributed by atoms with E-state index in [2.05, 4.69) is 29.2 Å². The molecule has 0 saturated carbocycles. The smallest absolute Gasteiger partial charge is 0.0890 e. The fourth-order valence-corrected chi connectivity index (χ4v) is 1.84. The lowest BCUT2D eigenvalue weighted by molar-refractivity contribution is 0.299. The minimum Gasteiger partial charge on any atom is -0.399 e. The van der Waals surface area contributed by atoms with Crippen LogP contribution in [0.15, 0.2) is 30.6 Å². The summed E-state index contributed by atoms with van der Waals surface area (Å²) < 4.78 is 0. The van der Waals surface area contributed by atoms with Crippen molar-refractivity contribution in [2.75, 3.05) is 31.7 Å². The first-order valence-electron chi connectivity index (χ1n) is 5.41. The molecule has 16 heavy (non-hydrogen) atoms. The zero-order valence-electron chi connectivity index (χ0n) is 9.56. The minimum atomic E-state index is 0.776. The zero-order chi connectivity index (χ0) is 11.5. The molecule has 1 aliphatic heterocycles. The van der Waals surface area contributed by atoms with Gasteiger partial charge in [0.25, 0.3) is 0 Å². The summed E-state index contributed by atoms with van der Waals surface area (Å²) in [5.41, 5.74) is 14.4. The van der Waals surface area contributed by atoms with Crippen LogP contribution in [0.3, 0.4) is 0 Å². The van der Waals surface area contributed by atoms with Gasteiger partial charge in [0.15, 0.2) is 0 Å². The van der Waals surface area contributed by atoms with Crippen LogP contribution in [0.25, 0.3) is 0 Å². The third kappa shape index (κ3) is 2.39. The van der Waals surface area contributed by atoms with Gasteiger partial charge >= 0.3 is 0 Å². The Morgan fingerprint density at radius 2 is 2.06 bits per heavy atom. The van der Waals surface area contributed by atoms with E-state index in [9.17, 15) is 0 Å². The van der Waals surface area contributed by atoms with Gasteiger partial charge < -0.3 is 21.3 Å². The first-order valence-corrected chi connectivity index (χ1v) is 5.41. The van der Waals surface area contributed by atoms with Crippen LogP contribution in [0.2, 0.25) is 0 Å². The summed E-state index contributed by atoms with van der Waals surface area (Å²) in [6, 6.07) is 5.66. The van der Waals surface area contributed by atoms with E-state index in [1.54, 1.807) is 0 Å². The Morgan fingerprint density at radius 1 is 1.25 bits per heavy atom. The monoisotopic (exact) mass is 218 g/mol. The molecule has 4 N–H and O–H groups in total. The maximum atomic E-state index is 5.90. The van der Waals surface area contributed by atoms with Crippen molar-refractivity contribution in [2.45, 2.75) is 6.42 Å². The number of hydrogen-bond acceptors (Lipinski definition) is 4. The lowest BCUT2D eigenvalue weighted by Crippen LogP contribution is -2.24. The van der Waals surface area contributed by atoms with Gasteiger partial charge in [0.2, 0.25) is 0 Å². The molecule has 1 heterocycles. The summed E-state index contributed by atoms with van der Waals surface area (Å²) in [5.74, 6) is 0. The van der Waals surface area contributed by atoms with Gasteiger partial charge in [-0.15, -0.1) is 0 Å². The van der Waals surface area contributed by atoms with E-state index in [1.807, 2.05) is 18.2 Å². The molecular weight excluding hydrogens is 200 g/mol. The quantitative estimate of drug-likeness (QED) is 0.745. The number of hydrogen-bond donors (Lipinski definition) is 2. The average Bonchev–Trinajstić information content (AvgIpc) is 2.66. The van der Waals surface area contributed by atoms with Crippen molar-refractivity contribution >= 4 is 11.4 Å². The maximum Gasteiger partial charge on any atom is 0.0890 e. The molecule has 0 atom stereocenters. The third-order valence-electron chi connectivity index (χ3n) is 2.77. The number of nitrogen functional groups attached to an aromatic ring is 2. The first kappa shape index (κ1) is 10.7. The molecular formula is C12H18N4. The van der Waals surface area contributed by atoms with Gasteiger partial charge in [-0.2, -0.15) is 0 Å². The molecule has 0 aliphatic carbocycles. The summed E-state index contributed by atoms with van der Waals surface area (Å²) >= 11 is 0. The van der Waals surface area contributed by atoms with Crippen molar-refractivity contribution in [2.24, 2.45) is 0 Å². The van der Waals surface area contributed by atoms with Crippen LogP contribution in [-0.2, 0) is 6.42 Å². The molecule has 0 unspecified atom stereocenters. The Balaban J connectivity index is 1.94. The molecule has 4 nitrogen and oxygen atoms in total. The molecule has 4 heteroatoms. The predicted molar refractivity (Wildman–Crippen MR) is 67.4 cm³/mol. The second kappa shape index (κ2) is 4.35. The largest absolute Gasteiger partial charge is 0.399 e. The predicted octanol–water partition coefficient (Wildman–Crippen LogP) is 1.07. The number of nitrogens with zero attached hydrogens (tertiary/aromatic N) is 2. The molecule has 0 amide bonds. The van der Waals surface area contributed by atoms with Crippen molar-refractivity contribution in [3.63, 3.8) is 0 Å². The lowest BCUT2D eigenvalue weighted by Gasteiger charge is -2.18. The Labute approximate surface area is 96.1 Å². The Morgan fingerprint density at radius 3 is 2.75 bits per heavy atom. The first-order chi connectivity index (χ1) is 7.65. The standard InChI is InChI=1S/C12H18N4/c1-15-6-7-16(9-15)5-4-10-8-11(13)2-3-12(10)14/h2-3,6-8H,4-5,9,13-14H2,1H3. The van der Waals surface area contributed by atoms with E-state index in [0.717, 1.165) is 36.6 Å². The second-order valence-electron chi connectivity index (χ2n) is 4.22. The average molecular weight is 218 g/mol. The maximum absolute atomic E-state index is 5.90. The van der Waals surface area contributed by atoms with Gasteiger partial charge in [-0.05, 0) is 30.2 Å². The van der Waals surface area contributed by atoms with Crippen LogP contribution in [0, 0.1) is 0 Å². The van der Waals surface area contributed by atoms with Gasteiger partial charge in [-0.1, -0.05) is 0 Å². The van der Waals surface area contributed by atoms with E-state index in [1.165, 1.54) is 0 Å². The fraction of sp³-hybridized carbons (Fsp3) is 0.333. The van der Waals surface area contributed by atoms with E-state index in [4.69, 9.17) is 11.5 Å². The molecule has 1 aromatic rings. The van der Waals surface area contributed by atoms with Crippen LogP contribution in [0.4, 0.5) is 11.4 Å². The minimum absolute atomic E-state index is 0.776. The second-order valence-corrected chi connectivity index (χ2v) is 4.22. The number of nitrogens with two attached hydrogens (primary N) is 2. The molecule has 1 aromatic carbocycles. The van der Waals surface area contributed by atoms with Gasteiger partial charge in [0, 0.05) is 37.4 Å². The number of rotatable bonds is 3. The molecule has 0 bridgehead atoms. The van der Waals surface area contributed by atoms with Crippen molar-refractivity contribution in [1.29, 1.82) is 0 Å². The highest BCUT2D eigenvalue weighted by molar-refractivity contribution is 5.55. The van der Waals surface area contributed by atoms with Crippen LogP contribution in [-0.4, -0.2) is 30.1 Å². The zero-order valence-corrected chi connectivity index (χ0v) is 9.56. The van der Waals surface area contributed by atoms with E-state index < -0.39 is 0 Å². The topological polar surface area (TPSA) is 58.5 Å². The van der Waals surface area contributed by atoms with Gasteiger partial charge in [0.1, 0.15) is 0 Å². The highest BCUT2D eigenvalue weighted by Crippen LogP contribution is 2.17. The number of anilines is 2. The van der Waals surface area contributed by atoms with Crippen molar-refractivity contribution < 1.29 is 0 Å². The summed E-state index contributed by atoms with van der Waals surface area (Å²) in [4.78, 5) is 4.39. The lowest BCUT2D eigenvalue weighted by atomic mass is 10.1. The SMILES string of the molecule is CN1C=CN(CCc2cc(N)ccc2N)C1. The van der Waals surface area contributed by atoms with Gasteiger partial charge in [0.05, 0.1) is 6.67 Å². The van der Waals surface area contributed by atoms with Crippen LogP contribution in [0.1, 0.15) is 5.56 Å². The van der Waals surface area contributed by atoms with Crippen molar-refractivity contribution in [3.05, 3.63) is 36.2 Å². The normalized spacial score (nSPS) is 14.8. The summed E-state index contributed by atoms with van der Waals surface area (Å²) in [6.07, 6.45) is 5.10. The van der Waals surface area contributed by atoms with E-state index in [-0.39, 0.29) is 0 Å². The molecule has 1 aliphatic rings. The molecule has 2 rings (SSSR count). The fourth-order valence-electron chi connectivity index (χ4n) is 1.84. The van der Waals surface area contributed by atoms with Crippen LogP contribution in [0.5, 0.6) is 0 Å². The Bertz CT molecular complexity index is 400. The molecule has 0 fully saturated rings. The molecule has 0 saturated heterocycles. The van der Waals surface area contributed by atoms with Gasteiger partial charge in [-0.3, -0.25) is 0 Å². The van der Waals surface area contributed by atoms with Crippen molar-refractivity contribution in [1.82, 2.24) is 9.80 Å². The Kier molecular flexibility index (Phi) is 2.90. The molecule has 0 aromatic heterocycles. The Hall–Kier alpha value is -1.84. The third-order valence-corrected chi connectivity index (χ3v) is 2.77. The highest BCUT2D eigenvalue weighted by atomic mass is 15.3.